The van der Waals surface area contributed by atoms with Gasteiger partial charge >= 0.3 is 12.0 Å². The third kappa shape index (κ3) is 2.48. The number of imidazole rings is 1. The minimum absolute atomic E-state index is 0.0889. The molecule has 0 fully saturated rings. The fraction of sp³-hybridized carbons (Fsp3) is 0.167. The summed E-state index contributed by atoms with van der Waals surface area (Å²) in [6, 6.07) is 5.58. The number of ether oxygens (including phenoxy) is 1. The van der Waals surface area contributed by atoms with Crippen molar-refractivity contribution in [3.05, 3.63) is 42.0 Å². The van der Waals surface area contributed by atoms with E-state index >= 15 is 0 Å². The van der Waals surface area contributed by atoms with Gasteiger partial charge in [0.1, 0.15) is 11.6 Å². The summed E-state index contributed by atoms with van der Waals surface area (Å²) in [5.41, 5.74) is -0.0889. The van der Waals surface area contributed by atoms with Crippen LogP contribution in [0.1, 0.15) is 17.4 Å². The maximum Gasteiger partial charge on any atom is 0.356 e. The Balaban J connectivity index is 2.27. The van der Waals surface area contributed by atoms with Crippen molar-refractivity contribution in [1.82, 2.24) is 9.55 Å². The Kier molecular flexibility index (Phi) is 3.27. The number of halogens is 1. The number of aryl methyl sites for hydroxylation is 1. The molecule has 1 aromatic carbocycles. The first-order valence-corrected chi connectivity index (χ1v) is 5.34. The second-order valence-corrected chi connectivity index (χ2v) is 3.56. The van der Waals surface area contributed by atoms with Gasteiger partial charge < -0.3 is 14.4 Å². The summed E-state index contributed by atoms with van der Waals surface area (Å²) in [6.07, 6.45) is 1.39. The summed E-state index contributed by atoms with van der Waals surface area (Å²) in [5, 5.41) is 8.84. The van der Waals surface area contributed by atoms with E-state index in [1.807, 2.05) is 6.92 Å². The number of rotatable bonds is 4. The number of carbonyl (C=O) groups is 1. The second kappa shape index (κ2) is 4.87. The molecule has 0 saturated carbocycles. The molecule has 0 unspecified atom stereocenters. The lowest BCUT2D eigenvalue weighted by atomic mass is 10.3. The van der Waals surface area contributed by atoms with Crippen molar-refractivity contribution in [1.29, 1.82) is 0 Å². The van der Waals surface area contributed by atoms with Crippen LogP contribution < -0.4 is 4.74 Å². The number of carboxylic acids is 1. The molecular formula is C12H11FN2O3. The van der Waals surface area contributed by atoms with Crippen LogP contribution in [-0.4, -0.2) is 20.6 Å². The fourth-order valence-corrected chi connectivity index (χ4v) is 1.42. The Morgan fingerprint density at radius 3 is 2.67 bits per heavy atom. The zero-order chi connectivity index (χ0) is 13.1. The van der Waals surface area contributed by atoms with E-state index in [1.54, 1.807) is 4.57 Å². The van der Waals surface area contributed by atoms with Crippen LogP contribution in [0.15, 0.2) is 30.5 Å². The summed E-state index contributed by atoms with van der Waals surface area (Å²) in [7, 11) is 0. The Morgan fingerprint density at radius 1 is 1.44 bits per heavy atom. The molecule has 18 heavy (non-hydrogen) atoms. The second-order valence-electron chi connectivity index (χ2n) is 3.56. The highest BCUT2D eigenvalue weighted by Gasteiger charge is 2.13. The molecule has 1 aromatic heterocycles. The first kappa shape index (κ1) is 12.1. The SMILES string of the molecule is CCn1cc(C(=O)O)nc1Oc1ccc(F)cc1. The van der Waals surface area contributed by atoms with Gasteiger partial charge in [-0.2, -0.15) is 4.98 Å². The minimum Gasteiger partial charge on any atom is -0.476 e. The zero-order valence-corrected chi connectivity index (χ0v) is 9.63. The van der Waals surface area contributed by atoms with Crippen LogP contribution in [0.4, 0.5) is 4.39 Å². The van der Waals surface area contributed by atoms with Gasteiger partial charge in [0, 0.05) is 12.7 Å². The van der Waals surface area contributed by atoms with E-state index in [4.69, 9.17) is 9.84 Å². The van der Waals surface area contributed by atoms with Crippen molar-refractivity contribution in [2.75, 3.05) is 0 Å². The predicted molar refractivity (Wildman–Crippen MR) is 61.3 cm³/mol. The summed E-state index contributed by atoms with van der Waals surface area (Å²) < 4.78 is 19.7. The van der Waals surface area contributed by atoms with Crippen LogP contribution in [0.5, 0.6) is 11.8 Å². The highest BCUT2D eigenvalue weighted by Crippen LogP contribution is 2.21. The van der Waals surface area contributed by atoms with Gasteiger partial charge in [0.15, 0.2) is 5.69 Å². The van der Waals surface area contributed by atoms with E-state index in [9.17, 15) is 9.18 Å². The minimum atomic E-state index is -1.12. The molecule has 0 aliphatic carbocycles. The third-order valence-corrected chi connectivity index (χ3v) is 2.32. The molecule has 0 aliphatic rings. The van der Waals surface area contributed by atoms with Gasteiger partial charge in [-0.05, 0) is 31.2 Å². The highest BCUT2D eigenvalue weighted by molar-refractivity contribution is 5.85. The Hall–Kier alpha value is -2.37. The van der Waals surface area contributed by atoms with E-state index in [0.29, 0.717) is 12.3 Å². The van der Waals surface area contributed by atoms with Gasteiger partial charge in [-0.15, -0.1) is 0 Å². The number of aromatic nitrogens is 2. The smallest absolute Gasteiger partial charge is 0.356 e. The molecule has 1 heterocycles. The van der Waals surface area contributed by atoms with Crippen LogP contribution in [0.25, 0.3) is 0 Å². The Bertz CT molecular complexity index is 563. The molecule has 6 heteroatoms. The monoisotopic (exact) mass is 250 g/mol. The van der Waals surface area contributed by atoms with Gasteiger partial charge in [-0.1, -0.05) is 0 Å². The third-order valence-electron chi connectivity index (χ3n) is 2.32. The van der Waals surface area contributed by atoms with Gasteiger partial charge in [0.05, 0.1) is 0 Å². The molecule has 0 aliphatic heterocycles. The Morgan fingerprint density at radius 2 is 2.11 bits per heavy atom. The molecule has 2 rings (SSSR count). The zero-order valence-electron chi connectivity index (χ0n) is 9.63. The van der Waals surface area contributed by atoms with Crippen LogP contribution in [0.2, 0.25) is 0 Å². The highest BCUT2D eigenvalue weighted by atomic mass is 19.1. The van der Waals surface area contributed by atoms with Crippen molar-refractivity contribution < 1.29 is 19.0 Å². The number of benzene rings is 1. The summed E-state index contributed by atoms with van der Waals surface area (Å²) in [5.74, 6) is -1.09. The quantitative estimate of drug-likeness (QED) is 0.905. The number of hydrogen-bond donors (Lipinski definition) is 1. The molecule has 0 radical (unpaired) electrons. The maximum atomic E-state index is 12.7. The van der Waals surface area contributed by atoms with Crippen molar-refractivity contribution >= 4 is 5.97 Å². The number of hydrogen-bond acceptors (Lipinski definition) is 3. The van der Waals surface area contributed by atoms with Crippen LogP contribution in [0.3, 0.4) is 0 Å². The van der Waals surface area contributed by atoms with E-state index in [2.05, 4.69) is 4.98 Å². The molecule has 0 saturated heterocycles. The number of aromatic carboxylic acids is 1. The Labute approximate surface area is 102 Å². The molecule has 2 aromatic rings. The average molecular weight is 250 g/mol. The number of carboxylic acid groups (broad SMARTS) is 1. The summed E-state index contributed by atoms with van der Waals surface area (Å²) >= 11 is 0. The van der Waals surface area contributed by atoms with Crippen molar-refractivity contribution in [2.24, 2.45) is 0 Å². The molecular weight excluding hydrogens is 239 g/mol. The topological polar surface area (TPSA) is 64.4 Å². The van der Waals surface area contributed by atoms with Crippen LogP contribution >= 0.6 is 0 Å². The molecule has 0 atom stereocenters. The fourth-order valence-electron chi connectivity index (χ4n) is 1.42. The molecule has 0 amide bonds. The lowest BCUT2D eigenvalue weighted by Crippen LogP contribution is -1.97. The van der Waals surface area contributed by atoms with E-state index in [0.717, 1.165) is 0 Å². The summed E-state index contributed by atoms with van der Waals surface area (Å²) in [6.45, 7) is 2.36. The van der Waals surface area contributed by atoms with E-state index < -0.39 is 5.97 Å². The lowest BCUT2D eigenvalue weighted by molar-refractivity contribution is 0.0690. The van der Waals surface area contributed by atoms with Crippen LogP contribution in [0, 0.1) is 5.82 Å². The van der Waals surface area contributed by atoms with Gasteiger partial charge in [-0.25, -0.2) is 9.18 Å². The first-order valence-electron chi connectivity index (χ1n) is 5.34. The van der Waals surface area contributed by atoms with E-state index in [-0.39, 0.29) is 17.5 Å². The predicted octanol–water partition coefficient (Wildman–Crippen LogP) is 2.53. The van der Waals surface area contributed by atoms with Gasteiger partial charge in [-0.3, -0.25) is 0 Å². The largest absolute Gasteiger partial charge is 0.476 e. The molecule has 0 bridgehead atoms. The standard InChI is InChI=1S/C12H11FN2O3/c1-2-15-7-10(11(16)17)14-12(15)18-9-5-3-8(13)4-6-9/h3-7H,2H2,1H3,(H,16,17). The average Bonchev–Trinajstić information content (AvgIpc) is 2.75. The molecule has 1 N–H and O–H groups in total. The van der Waals surface area contributed by atoms with Crippen molar-refractivity contribution in [3.8, 4) is 11.8 Å². The van der Waals surface area contributed by atoms with Gasteiger partial charge in [0.2, 0.25) is 0 Å². The maximum absolute atomic E-state index is 12.7. The van der Waals surface area contributed by atoms with Gasteiger partial charge in [0.25, 0.3) is 0 Å². The molecule has 94 valence electrons. The van der Waals surface area contributed by atoms with E-state index in [1.165, 1.54) is 30.5 Å². The van der Waals surface area contributed by atoms with Crippen molar-refractivity contribution in [2.45, 2.75) is 13.5 Å². The van der Waals surface area contributed by atoms with Crippen molar-refractivity contribution in [3.63, 3.8) is 0 Å². The summed E-state index contributed by atoms with van der Waals surface area (Å²) in [4.78, 5) is 14.6. The molecule has 5 nitrogen and oxygen atoms in total. The number of nitrogens with zero attached hydrogens (tertiary/aromatic N) is 2. The normalized spacial score (nSPS) is 10.3. The molecule has 0 spiro atoms. The first-order chi connectivity index (χ1) is 8.60. The lowest BCUT2D eigenvalue weighted by Gasteiger charge is -2.05. The van der Waals surface area contributed by atoms with Crippen LogP contribution in [-0.2, 0) is 6.54 Å².